The maximum absolute atomic E-state index is 13.7. The third-order valence-corrected chi connectivity index (χ3v) is 15.0. The van der Waals surface area contributed by atoms with Crippen molar-refractivity contribution < 1.29 is 76.5 Å². The highest BCUT2D eigenvalue weighted by atomic mass is 16.7. The van der Waals surface area contributed by atoms with Gasteiger partial charge in [0.05, 0.1) is 12.0 Å². The first-order chi connectivity index (χ1) is 37.4. The Balaban J connectivity index is 0.817. The van der Waals surface area contributed by atoms with Gasteiger partial charge in [-0.15, -0.1) is 0 Å². The summed E-state index contributed by atoms with van der Waals surface area (Å²) in [7, 11) is 2.91. The molecular weight excluding hydrogens is 1030 g/mol. The van der Waals surface area contributed by atoms with Crippen molar-refractivity contribution in [3.05, 3.63) is 128 Å². The minimum atomic E-state index is -1.51. The third-order valence-electron chi connectivity index (χ3n) is 15.0. The van der Waals surface area contributed by atoms with E-state index in [1.165, 1.54) is 26.5 Å². The van der Waals surface area contributed by atoms with Gasteiger partial charge < -0.3 is 78.1 Å². The fourth-order valence-corrected chi connectivity index (χ4v) is 10.8. The third kappa shape index (κ3) is 11.2. The normalized spacial score (nSPS) is 24.2. The number of rotatable bonds is 15. The summed E-state index contributed by atoms with van der Waals surface area (Å²) in [5, 5.41) is 28.9. The monoisotopic (exact) mass is 1090 g/mol. The molecule has 9 atom stereocenters. The van der Waals surface area contributed by atoms with E-state index in [-0.39, 0.29) is 52.7 Å². The van der Waals surface area contributed by atoms with E-state index in [2.05, 4.69) is 25.6 Å². The number of aromatic amines is 3. The molecule has 2 aliphatic heterocycles. The van der Waals surface area contributed by atoms with Crippen molar-refractivity contribution in [2.45, 2.75) is 142 Å². The van der Waals surface area contributed by atoms with Crippen LogP contribution in [0.5, 0.6) is 17.2 Å². The van der Waals surface area contributed by atoms with Gasteiger partial charge in [0.25, 0.3) is 5.91 Å². The number of nitrogens with one attached hydrogen (secondary N) is 5. The Labute approximate surface area is 453 Å². The number of hydrogen-bond donors (Lipinski definition) is 7. The first-order valence-electron chi connectivity index (χ1n) is 25.7. The summed E-state index contributed by atoms with van der Waals surface area (Å²) in [5.41, 5.74) is 1.82. The summed E-state index contributed by atoms with van der Waals surface area (Å²) < 4.78 is 53.3. The number of aryl methyl sites for hydroxylation is 3. The quantitative estimate of drug-likeness (QED) is 0.0371. The Bertz CT molecular complexity index is 3400. The van der Waals surface area contributed by atoms with Crippen LogP contribution in [-0.2, 0) is 46.1 Å². The molecule has 7 N–H and O–H groups in total. The standard InChI is InChI=1S/C57H65N5O17/c1-25-12-16-33(59-25)51(67)77-46-42(64)39(23-56(6,7)48(46)71-10)73-37-18-14-31-21-36(54(70)76-44(31)28(37)4)62-50(66)41-27(3)32(24-58-41)22-40(63)61-35-20-30-15-19-38(29(5)45(30)75-53(35)69)74-55-43(65)47(49(72-11)57(8,9)79-55)78-52(68)34-17-13-26(2)60-34/h12-20,24,36,39,42-43,46-49,55,58-60,64-65H,21-23H2,1-11H3,(H,61,63)(H,62,66). The number of H-pyrrole nitrogens is 3. The minimum Gasteiger partial charge on any atom is -0.487 e. The molecule has 1 saturated carbocycles. The maximum Gasteiger partial charge on any atom is 0.360 e. The Morgan fingerprint density at radius 3 is 2.00 bits per heavy atom. The second-order valence-electron chi connectivity index (χ2n) is 21.6. The topological polar surface area (TPSA) is 301 Å². The second-order valence-corrected chi connectivity index (χ2v) is 21.6. The molecule has 6 heterocycles. The Morgan fingerprint density at radius 1 is 0.759 bits per heavy atom. The number of ether oxygens (including phenoxy) is 8. The number of benzene rings is 2. The molecule has 0 spiro atoms. The Hall–Kier alpha value is -7.76. The van der Waals surface area contributed by atoms with Gasteiger partial charge >= 0.3 is 23.5 Å². The number of anilines is 1. The first-order valence-corrected chi connectivity index (χ1v) is 25.7. The maximum atomic E-state index is 13.7. The van der Waals surface area contributed by atoms with Gasteiger partial charge in [-0.05, 0) is 126 Å². The van der Waals surface area contributed by atoms with E-state index in [1.54, 1.807) is 97.0 Å². The lowest BCUT2D eigenvalue weighted by Gasteiger charge is -2.47. The Kier molecular flexibility index (Phi) is 15.5. The zero-order chi connectivity index (χ0) is 57.0. The molecule has 79 heavy (non-hydrogen) atoms. The summed E-state index contributed by atoms with van der Waals surface area (Å²) in [4.78, 5) is 89.0. The number of aliphatic hydroxyl groups excluding tert-OH is 2. The van der Waals surface area contributed by atoms with Crippen molar-refractivity contribution in [3.63, 3.8) is 0 Å². The lowest BCUT2D eigenvalue weighted by atomic mass is 9.70. The van der Waals surface area contributed by atoms with Gasteiger partial charge in [-0.1, -0.05) is 19.9 Å². The van der Waals surface area contributed by atoms with Gasteiger partial charge in [0.1, 0.15) is 76.1 Å². The van der Waals surface area contributed by atoms with Crippen molar-refractivity contribution in [2.75, 3.05) is 19.5 Å². The minimum absolute atomic E-state index is 0.0863. The van der Waals surface area contributed by atoms with Crippen molar-refractivity contribution in [2.24, 2.45) is 5.41 Å². The summed E-state index contributed by atoms with van der Waals surface area (Å²) in [6.45, 7) is 15.9. The molecule has 9 unspecified atom stereocenters. The van der Waals surface area contributed by atoms with Gasteiger partial charge in [-0.3, -0.25) is 9.59 Å². The molecule has 2 aromatic carbocycles. The molecule has 3 aliphatic rings. The summed E-state index contributed by atoms with van der Waals surface area (Å²) in [6.07, 6.45) is -7.13. The van der Waals surface area contributed by atoms with E-state index < -0.39 is 101 Å². The van der Waals surface area contributed by atoms with Gasteiger partial charge in [-0.2, -0.15) is 0 Å². The van der Waals surface area contributed by atoms with Crippen LogP contribution in [0.3, 0.4) is 0 Å². The van der Waals surface area contributed by atoms with Crippen LogP contribution in [0.2, 0.25) is 0 Å². The zero-order valence-corrected chi connectivity index (χ0v) is 45.6. The summed E-state index contributed by atoms with van der Waals surface area (Å²) in [6, 6.07) is 13.6. The van der Waals surface area contributed by atoms with Crippen LogP contribution in [-0.4, -0.2) is 130 Å². The number of carbonyl (C=O) groups is 5. The highest BCUT2D eigenvalue weighted by Crippen LogP contribution is 2.43. The number of aromatic nitrogens is 3. The van der Waals surface area contributed by atoms with E-state index in [0.29, 0.717) is 45.4 Å². The number of esters is 3. The molecule has 6 aromatic rings. The number of methoxy groups -OCH3 is 2. The molecule has 2 amide bonds. The first kappa shape index (κ1) is 56.0. The number of hydrogen-bond acceptors (Lipinski definition) is 17. The number of carbonyl (C=O) groups excluding carboxylic acids is 5. The molecule has 22 heteroatoms. The molecule has 0 radical (unpaired) electrons. The predicted molar refractivity (Wildman–Crippen MR) is 282 cm³/mol. The number of aliphatic hydroxyl groups is 2. The van der Waals surface area contributed by atoms with Gasteiger partial charge in [0.15, 0.2) is 18.3 Å². The summed E-state index contributed by atoms with van der Waals surface area (Å²) in [5.74, 6) is -2.49. The molecular formula is C57H65N5O17. The van der Waals surface area contributed by atoms with Crippen LogP contribution >= 0.6 is 0 Å². The van der Waals surface area contributed by atoms with E-state index in [1.807, 2.05) is 13.8 Å². The number of fused-ring (bicyclic) bond motifs is 2. The predicted octanol–water partition coefficient (Wildman–Crippen LogP) is 5.65. The average Bonchev–Trinajstić information content (AvgIpc) is 4.27. The van der Waals surface area contributed by atoms with Crippen LogP contribution in [0.25, 0.3) is 11.0 Å². The van der Waals surface area contributed by atoms with E-state index >= 15 is 0 Å². The molecule has 1 aliphatic carbocycles. The summed E-state index contributed by atoms with van der Waals surface area (Å²) >= 11 is 0. The lowest BCUT2D eigenvalue weighted by molar-refractivity contribution is -0.305. The smallest absolute Gasteiger partial charge is 0.360 e. The van der Waals surface area contributed by atoms with Crippen molar-refractivity contribution in [1.29, 1.82) is 0 Å². The second kappa shape index (κ2) is 21.8. The molecule has 4 aromatic heterocycles. The zero-order valence-electron chi connectivity index (χ0n) is 45.6. The van der Waals surface area contributed by atoms with Crippen molar-refractivity contribution in [3.8, 4) is 17.2 Å². The number of amides is 2. The molecule has 22 nitrogen and oxygen atoms in total. The largest absolute Gasteiger partial charge is 0.487 e. The van der Waals surface area contributed by atoms with Crippen LogP contribution in [0, 0.1) is 40.0 Å². The van der Waals surface area contributed by atoms with Crippen LogP contribution in [0.15, 0.2) is 70.0 Å². The molecule has 2 fully saturated rings. The molecule has 9 rings (SSSR count). The van der Waals surface area contributed by atoms with E-state index in [9.17, 15) is 39.0 Å². The van der Waals surface area contributed by atoms with Crippen molar-refractivity contribution >= 4 is 46.4 Å². The highest BCUT2D eigenvalue weighted by Gasteiger charge is 2.54. The highest BCUT2D eigenvalue weighted by molar-refractivity contribution is 5.99. The molecule has 420 valence electrons. The van der Waals surface area contributed by atoms with Crippen LogP contribution < -0.4 is 30.5 Å². The lowest BCUT2D eigenvalue weighted by Crippen LogP contribution is -2.65. The van der Waals surface area contributed by atoms with Gasteiger partial charge in [0.2, 0.25) is 12.2 Å². The van der Waals surface area contributed by atoms with E-state index in [0.717, 1.165) is 11.4 Å². The van der Waals surface area contributed by atoms with E-state index in [4.69, 9.17) is 42.3 Å². The van der Waals surface area contributed by atoms with Gasteiger partial charge in [-0.25, -0.2) is 19.2 Å². The molecule has 1 saturated heterocycles. The fraction of sp³-hybridized carbons (Fsp3) is 0.439. The Morgan fingerprint density at radius 2 is 1.38 bits per heavy atom. The van der Waals surface area contributed by atoms with Crippen LogP contribution in [0.1, 0.15) is 105 Å². The molecule has 0 bridgehead atoms. The van der Waals surface area contributed by atoms with Gasteiger partial charge in [0, 0.05) is 54.7 Å². The average molecular weight is 1090 g/mol. The van der Waals surface area contributed by atoms with Crippen LogP contribution in [0.4, 0.5) is 5.69 Å². The SMILES string of the molecule is COC1C(OC(=O)c2ccc(C)[nH]2)C(O)C(Oc2ccc3c(c2C)OC(=O)C(NC(=O)c2[nH]cc(CC(=O)Nc4cc5ccc(OC6OC(C)(C)C(OC)C(OC(=O)c7ccc(C)[nH]7)C6O)c(C)c5oc4=O)c2C)C3)CC1(C)C. The van der Waals surface area contributed by atoms with Crippen molar-refractivity contribution in [1.82, 2.24) is 20.3 Å². The fourth-order valence-electron chi connectivity index (χ4n) is 10.8.